The van der Waals surface area contributed by atoms with Gasteiger partial charge >= 0.3 is 6.36 Å². The van der Waals surface area contributed by atoms with Crippen molar-refractivity contribution >= 4 is 28.5 Å². The number of alkyl halides is 4. The highest BCUT2D eigenvalue weighted by atomic mass is 127. The van der Waals surface area contributed by atoms with Gasteiger partial charge in [0.25, 0.3) is 5.91 Å². The average Bonchev–Trinajstić information content (AvgIpc) is 2.33. The van der Waals surface area contributed by atoms with Crippen LogP contribution in [-0.4, -0.2) is 23.2 Å². The fourth-order valence-corrected chi connectivity index (χ4v) is 1.87. The number of hydrogen-bond acceptors (Lipinski definition) is 2. The molecule has 1 rings (SSSR count). The molecule has 1 amide bonds. The van der Waals surface area contributed by atoms with Crippen LogP contribution < -0.4 is 10.1 Å². The molecule has 7 heteroatoms. The van der Waals surface area contributed by atoms with E-state index in [0.29, 0.717) is 12.1 Å². The summed E-state index contributed by atoms with van der Waals surface area (Å²) in [6.07, 6.45) is -2.83. The van der Waals surface area contributed by atoms with Crippen molar-refractivity contribution in [2.75, 3.05) is 11.0 Å². The second-order valence-electron chi connectivity index (χ2n) is 3.72. The quantitative estimate of drug-likeness (QED) is 0.461. The van der Waals surface area contributed by atoms with E-state index in [1.165, 1.54) is 12.1 Å². The molecule has 0 bridgehead atoms. The predicted molar refractivity (Wildman–Crippen MR) is 73.6 cm³/mol. The molecule has 0 unspecified atom stereocenters. The number of carbonyl (C=O) groups excluding carboxylic acids is 1. The van der Waals surface area contributed by atoms with Gasteiger partial charge in [0.15, 0.2) is 0 Å². The van der Waals surface area contributed by atoms with E-state index < -0.39 is 6.36 Å². The van der Waals surface area contributed by atoms with Gasteiger partial charge in [-0.1, -0.05) is 22.6 Å². The summed E-state index contributed by atoms with van der Waals surface area (Å²) in [4.78, 5) is 11.6. The first kappa shape index (κ1) is 16.1. The molecule has 0 fully saturated rings. The van der Waals surface area contributed by atoms with Gasteiger partial charge in [0.1, 0.15) is 5.75 Å². The van der Waals surface area contributed by atoms with Crippen LogP contribution in [0.3, 0.4) is 0 Å². The normalized spacial score (nSPS) is 11.2. The summed E-state index contributed by atoms with van der Waals surface area (Å²) in [6.45, 7) is 0.558. The van der Waals surface area contributed by atoms with Crippen molar-refractivity contribution in [3.05, 3.63) is 29.8 Å². The first-order valence-corrected chi connectivity index (χ1v) is 7.15. The van der Waals surface area contributed by atoms with E-state index in [-0.39, 0.29) is 11.7 Å². The molecular formula is C12H13F3INO2. The lowest BCUT2D eigenvalue weighted by molar-refractivity contribution is -0.274. The maximum atomic E-state index is 11.9. The van der Waals surface area contributed by atoms with Crippen LogP contribution in [0.4, 0.5) is 13.2 Å². The highest BCUT2D eigenvalue weighted by Crippen LogP contribution is 2.22. The van der Waals surface area contributed by atoms with E-state index in [1.54, 1.807) is 0 Å². The standard InChI is InChI=1S/C12H13F3INO2/c13-12(14,15)19-10-5-3-9(4-6-10)11(18)17-8-2-1-7-16/h3-6H,1-2,7-8H2,(H,17,18). The molecular weight excluding hydrogens is 374 g/mol. The van der Waals surface area contributed by atoms with Crippen LogP contribution in [0.5, 0.6) is 5.75 Å². The Labute approximate surface area is 122 Å². The summed E-state index contributed by atoms with van der Waals surface area (Å²) >= 11 is 2.25. The zero-order valence-electron chi connectivity index (χ0n) is 9.97. The maximum Gasteiger partial charge on any atom is 0.573 e. The minimum atomic E-state index is -4.72. The molecule has 1 aromatic rings. The monoisotopic (exact) mass is 387 g/mol. The number of nitrogens with one attached hydrogen (secondary N) is 1. The van der Waals surface area contributed by atoms with Crippen LogP contribution in [0.1, 0.15) is 23.2 Å². The van der Waals surface area contributed by atoms with Gasteiger partial charge < -0.3 is 10.1 Å². The SMILES string of the molecule is O=C(NCCCCI)c1ccc(OC(F)(F)F)cc1. The highest BCUT2D eigenvalue weighted by molar-refractivity contribution is 14.1. The van der Waals surface area contributed by atoms with Crippen molar-refractivity contribution in [3.8, 4) is 5.75 Å². The zero-order valence-corrected chi connectivity index (χ0v) is 12.1. The third kappa shape index (κ3) is 6.65. The Morgan fingerprint density at radius 3 is 2.37 bits per heavy atom. The van der Waals surface area contributed by atoms with E-state index in [1.807, 2.05) is 0 Å². The largest absolute Gasteiger partial charge is 0.573 e. The number of rotatable bonds is 6. The Bertz CT molecular complexity index is 406. The zero-order chi connectivity index (χ0) is 14.3. The highest BCUT2D eigenvalue weighted by Gasteiger charge is 2.31. The lowest BCUT2D eigenvalue weighted by Gasteiger charge is -2.09. The van der Waals surface area contributed by atoms with Gasteiger partial charge in [-0.25, -0.2) is 0 Å². The summed E-state index contributed by atoms with van der Waals surface area (Å²) in [5.41, 5.74) is 0.309. The smallest absolute Gasteiger partial charge is 0.406 e. The Morgan fingerprint density at radius 1 is 1.21 bits per heavy atom. The van der Waals surface area contributed by atoms with Crippen LogP contribution in [0.15, 0.2) is 24.3 Å². The van der Waals surface area contributed by atoms with Crippen molar-refractivity contribution in [3.63, 3.8) is 0 Å². The molecule has 0 aliphatic carbocycles. The molecule has 0 saturated carbocycles. The minimum absolute atomic E-state index is 0.299. The second-order valence-corrected chi connectivity index (χ2v) is 4.80. The van der Waals surface area contributed by atoms with Gasteiger partial charge in [0.2, 0.25) is 0 Å². The summed E-state index contributed by atoms with van der Waals surface area (Å²) in [5.74, 6) is -0.638. The van der Waals surface area contributed by atoms with Crippen LogP contribution in [0, 0.1) is 0 Å². The maximum absolute atomic E-state index is 11.9. The molecule has 0 spiro atoms. The molecule has 0 aliphatic heterocycles. The first-order valence-electron chi connectivity index (χ1n) is 5.62. The Hall–Kier alpha value is -0.990. The molecule has 0 saturated heterocycles. The first-order chi connectivity index (χ1) is 8.92. The second kappa shape index (κ2) is 7.56. The molecule has 0 aliphatic rings. The summed E-state index contributed by atoms with van der Waals surface area (Å²) in [7, 11) is 0. The molecule has 3 nitrogen and oxygen atoms in total. The summed E-state index contributed by atoms with van der Waals surface area (Å²) < 4.78 is 40.6. The van der Waals surface area contributed by atoms with Crippen LogP contribution >= 0.6 is 22.6 Å². The van der Waals surface area contributed by atoms with Gasteiger partial charge in [-0.3, -0.25) is 4.79 Å². The van der Waals surface area contributed by atoms with Crippen molar-refractivity contribution in [1.29, 1.82) is 0 Å². The third-order valence-corrected chi connectivity index (χ3v) is 2.96. The Kier molecular flexibility index (Phi) is 6.40. The Morgan fingerprint density at radius 2 is 1.84 bits per heavy atom. The van der Waals surface area contributed by atoms with Gasteiger partial charge in [-0.2, -0.15) is 0 Å². The topological polar surface area (TPSA) is 38.3 Å². The fourth-order valence-electron chi connectivity index (χ4n) is 1.33. The molecule has 1 aromatic carbocycles. The van der Waals surface area contributed by atoms with E-state index in [0.717, 1.165) is 29.4 Å². The Balaban J connectivity index is 2.49. The number of benzene rings is 1. The molecule has 0 aromatic heterocycles. The number of ether oxygens (including phenoxy) is 1. The number of hydrogen-bond donors (Lipinski definition) is 1. The van der Waals surface area contributed by atoms with Crippen molar-refractivity contribution in [2.24, 2.45) is 0 Å². The van der Waals surface area contributed by atoms with E-state index in [4.69, 9.17) is 0 Å². The lowest BCUT2D eigenvalue weighted by atomic mass is 10.2. The van der Waals surface area contributed by atoms with Crippen molar-refractivity contribution < 1.29 is 22.7 Å². The third-order valence-electron chi connectivity index (χ3n) is 2.20. The van der Waals surface area contributed by atoms with Crippen molar-refractivity contribution in [2.45, 2.75) is 19.2 Å². The number of amides is 1. The molecule has 106 valence electrons. The van der Waals surface area contributed by atoms with Crippen LogP contribution in [-0.2, 0) is 0 Å². The van der Waals surface area contributed by atoms with Gasteiger partial charge in [-0.15, -0.1) is 13.2 Å². The van der Waals surface area contributed by atoms with Gasteiger partial charge in [0.05, 0.1) is 0 Å². The number of unbranched alkanes of at least 4 members (excludes halogenated alkanes) is 1. The van der Waals surface area contributed by atoms with Crippen LogP contribution in [0.25, 0.3) is 0 Å². The number of carbonyl (C=O) groups is 1. The van der Waals surface area contributed by atoms with E-state index in [9.17, 15) is 18.0 Å². The lowest BCUT2D eigenvalue weighted by Crippen LogP contribution is -2.24. The molecule has 0 atom stereocenters. The number of halogens is 4. The average molecular weight is 387 g/mol. The summed E-state index contributed by atoms with van der Waals surface area (Å²) in [5, 5.41) is 2.70. The molecule has 0 heterocycles. The van der Waals surface area contributed by atoms with E-state index in [2.05, 4.69) is 32.6 Å². The fraction of sp³-hybridized carbons (Fsp3) is 0.417. The summed E-state index contributed by atoms with van der Waals surface area (Å²) in [6, 6.07) is 4.84. The van der Waals surface area contributed by atoms with Gasteiger partial charge in [-0.05, 0) is 41.5 Å². The van der Waals surface area contributed by atoms with E-state index >= 15 is 0 Å². The van der Waals surface area contributed by atoms with Crippen LogP contribution in [0.2, 0.25) is 0 Å². The minimum Gasteiger partial charge on any atom is -0.406 e. The van der Waals surface area contributed by atoms with Crippen molar-refractivity contribution in [1.82, 2.24) is 5.32 Å². The molecule has 1 N–H and O–H groups in total. The predicted octanol–water partition coefficient (Wildman–Crippen LogP) is 3.53. The molecule has 0 radical (unpaired) electrons. The van der Waals surface area contributed by atoms with Gasteiger partial charge in [0, 0.05) is 12.1 Å². The molecule has 19 heavy (non-hydrogen) atoms.